The summed E-state index contributed by atoms with van der Waals surface area (Å²) in [4.78, 5) is 0. The van der Waals surface area contributed by atoms with Gasteiger partial charge in [-0.1, -0.05) is 0 Å². The molecule has 0 spiro atoms. The number of hydrogen-bond donors (Lipinski definition) is 3. The zero-order chi connectivity index (χ0) is 8.78. The Morgan fingerprint density at radius 3 is 1.60 bits per heavy atom. The first-order valence-electron chi connectivity index (χ1n) is 2.48. The van der Waals surface area contributed by atoms with Crippen molar-refractivity contribution in [3.63, 3.8) is 0 Å². The lowest BCUT2D eigenvalue weighted by Gasteiger charge is -1.90. The number of hydrogen-bond acceptors (Lipinski definition) is 4. The summed E-state index contributed by atoms with van der Waals surface area (Å²) in [5.41, 5.74) is 0. The van der Waals surface area contributed by atoms with Crippen LogP contribution >= 0.6 is 0 Å². The van der Waals surface area contributed by atoms with E-state index in [-0.39, 0.29) is 6.61 Å². The molecule has 0 aromatic carbocycles. The molecule has 0 aliphatic rings. The van der Waals surface area contributed by atoms with Crippen molar-refractivity contribution in [3.8, 4) is 0 Å². The van der Waals surface area contributed by atoms with Gasteiger partial charge in [-0.05, 0) is 6.92 Å². The van der Waals surface area contributed by atoms with Crippen LogP contribution in [0.1, 0.15) is 6.92 Å². The molecule has 0 amide bonds. The van der Waals surface area contributed by atoms with Crippen molar-refractivity contribution in [2.45, 2.75) is 13.0 Å². The molecule has 0 radical (unpaired) electrons. The van der Waals surface area contributed by atoms with Gasteiger partial charge in [0.1, 0.15) is 0 Å². The van der Waals surface area contributed by atoms with E-state index < -0.39 is 16.2 Å². The van der Waals surface area contributed by atoms with Crippen LogP contribution in [0, 0.1) is 0 Å². The van der Waals surface area contributed by atoms with Gasteiger partial charge in [0.2, 0.25) is 0 Å². The molecule has 64 valence electrons. The van der Waals surface area contributed by atoms with Crippen LogP contribution < -0.4 is 0 Å². The van der Waals surface area contributed by atoms with Gasteiger partial charge in [-0.15, -0.1) is 0 Å². The molecular formula is C4H12O5S. The lowest BCUT2D eigenvalue weighted by atomic mass is 10.5. The maximum Gasteiger partial charge on any atom is 0.261 e. The van der Waals surface area contributed by atoms with Crippen LogP contribution in [-0.4, -0.2) is 42.2 Å². The summed E-state index contributed by atoms with van der Waals surface area (Å²) in [6.45, 7) is 1.39. The topological polar surface area (TPSA) is 94.8 Å². The van der Waals surface area contributed by atoms with E-state index in [0.717, 1.165) is 0 Å². The van der Waals surface area contributed by atoms with E-state index in [1.165, 1.54) is 6.92 Å². The second-order valence-corrected chi connectivity index (χ2v) is 3.23. The van der Waals surface area contributed by atoms with Crippen molar-refractivity contribution in [1.82, 2.24) is 0 Å². The molecule has 0 saturated carbocycles. The van der Waals surface area contributed by atoms with E-state index in [9.17, 15) is 8.42 Å². The molecular weight excluding hydrogens is 160 g/mol. The van der Waals surface area contributed by atoms with Crippen molar-refractivity contribution in [1.29, 1.82) is 0 Å². The first-order valence-corrected chi connectivity index (χ1v) is 4.33. The highest BCUT2D eigenvalue weighted by Gasteiger charge is 1.83. The number of rotatable bonds is 1. The van der Waals surface area contributed by atoms with Gasteiger partial charge in [-0.25, -0.2) is 0 Å². The van der Waals surface area contributed by atoms with Crippen molar-refractivity contribution < 1.29 is 23.2 Å². The Morgan fingerprint density at radius 2 is 1.60 bits per heavy atom. The van der Waals surface area contributed by atoms with Gasteiger partial charge in [0.25, 0.3) is 10.1 Å². The fourth-order valence-corrected chi connectivity index (χ4v) is 0. The Bertz CT molecular complexity index is 139. The molecule has 1 unspecified atom stereocenters. The van der Waals surface area contributed by atoms with Crippen LogP contribution in [0.25, 0.3) is 0 Å². The summed E-state index contributed by atoms with van der Waals surface area (Å²) >= 11 is 0. The average Bonchev–Trinajstić information content (AvgIpc) is 1.61. The Labute approximate surface area is 60.1 Å². The largest absolute Gasteiger partial charge is 0.394 e. The van der Waals surface area contributed by atoms with Gasteiger partial charge < -0.3 is 10.2 Å². The van der Waals surface area contributed by atoms with Gasteiger partial charge in [-0.3, -0.25) is 4.55 Å². The summed E-state index contributed by atoms with van der Waals surface area (Å²) in [5, 5.41) is 16.0. The maximum absolute atomic E-state index is 9.19. The minimum absolute atomic E-state index is 0.139. The molecule has 0 rings (SSSR count). The van der Waals surface area contributed by atoms with Crippen LogP contribution in [0.15, 0.2) is 0 Å². The lowest BCUT2D eigenvalue weighted by molar-refractivity contribution is 0.110. The summed E-state index contributed by atoms with van der Waals surface area (Å²) < 4.78 is 25.9. The third-order valence-electron chi connectivity index (χ3n) is 0.264. The summed E-state index contributed by atoms with van der Waals surface area (Å²) in [5.74, 6) is 0. The van der Waals surface area contributed by atoms with Crippen LogP contribution in [0.2, 0.25) is 0 Å². The molecule has 0 aromatic heterocycles. The quantitative estimate of drug-likeness (QED) is 0.435. The molecule has 0 aliphatic heterocycles. The zero-order valence-electron chi connectivity index (χ0n) is 5.85. The minimum atomic E-state index is -3.67. The van der Waals surface area contributed by atoms with Gasteiger partial charge >= 0.3 is 0 Å². The second kappa shape index (κ2) is 5.60. The molecule has 0 fully saturated rings. The highest BCUT2D eigenvalue weighted by molar-refractivity contribution is 7.85. The van der Waals surface area contributed by atoms with Gasteiger partial charge in [-0.2, -0.15) is 8.42 Å². The van der Waals surface area contributed by atoms with Crippen LogP contribution in [-0.2, 0) is 10.1 Å². The average molecular weight is 172 g/mol. The van der Waals surface area contributed by atoms with Crippen LogP contribution in [0.4, 0.5) is 0 Å². The predicted molar refractivity (Wildman–Crippen MR) is 36.2 cm³/mol. The molecule has 5 nitrogen and oxygen atoms in total. The number of aliphatic hydroxyl groups excluding tert-OH is 2. The molecule has 6 heteroatoms. The molecule has 0 bridgehead atoms. The summed E-state index contributed by atoms with van der Waals surface area (Å²) in [6, 6.07) is 0. The normalized spacial score (nSPS) is 13.3. The molecule has 3 N–H and O–H groups in total. The molecule has 0 heterocycles. The van der Waals surface area contributed by atoms with E-state index in [0.29, 0.717) is 6.26 Å². The molecule has 0 saturated heterocycles. The molecule has 1 atom stereocenters. The first-order chi connectivity index (χ1) is 4.27. The van der Waals surface area contributed by atoms with E-state index in [1.54, 1.807) is 0 Å². The minimum Gasteiger partial charge on any atom is -0.394 e. The van der Waals surface area contributed by atoms with Gasteiger partial charge in [0, 0.05) is 0 Å². The predicted octanol–water partition coefficient (Wildman–Crippen LogP) is -1.14. The fraction of sp³-hybridized carbons (Fsp3) is 1.00. The zero-order valence-corrected chi connectivity index (χ0v) is 6.67. The van der Waals surface area contributed by atoms with E-state index >= 15 is 0 Å². The Hall–Kier alpha value is -0.170. The van der Waals surface area contributed by atoms with E-state index in [4.69, 9.17) is 14.8 Å². The van der Waals surface area contributed by atoms with Crippen molar-refractivity contribution in [2.75, 3.05) is 12.9 Å². The summed E-state index contributed by atoms with van der Waals surface area (Å²) in [7, 11) is -3.67. The highest BCUT2D eigenvalue weighted by Crippen LogP contribution is 1.68. The monoisotopic (exact) mass is 172 g/mol. The van der Waals surface area contributed by atoms with Crippen molar-refractivity contribution in [2.24, 2.45) is 0 Å². The van der Waals surface area contributed by atoms with E-state index in [1.807, 2.05) is 0 Å². The third kappa shape index (κ3) is 109. The van der Waals surface area contributed by atoms with Crippen molar-refractivity contribution in [3.05, 3.63) is 0 Å². The Balaban J connectivity index is 0. The number of aliphatic hydroxyl groups is 2. The lowest BCUT2D eigenvalue weighted by Crippen LogP contribution is -2.03. The van der Waals surface area contributed by atoms with Crippen LogP contribution in [0.5, 0.6) is 0 Å². The first kappa shape index (κ1) is 12.5. The standard InChI is InChI=1S/C3H8O2.CH4O3S/c1-3(5)2-4;1-5(2,3)4/h3-5H,2H2,1H3;1H3,(H,2,3,4). The second-order valence-electron chi connectivity index (χ2n) is 1.76. The molecule has 0 aliphatic carbocycles. The highest BCUT2D eigenvalue weighted by atomic mass is 32.2. The van der Waals surface area contributed by atoms with E-state index in [2.05, 4.69) is 0 Å². The van der Waals surface area contributed by atoms with Gasteiger partial charge in [0.05, 0.1) is 19.0 Å². The maximum atomic E-state index is 9.19. The van der Waals surface area contributed by atoms with Gasteiger partial charge in [0.15, 0.2) is 0 Å². The molecule has 10 heavy (non-hydrogen) atoms. The fourth-order valence-electron chi connectivity index (χ4n) is 0. The Kier molecular flexibility index (Phi) is 7.00. The Morgan fingerprint density at radius 1 is 1.50 bits per heavy atom. The smallest absolute Gasteiger partial charge is 0.261 e. The SMILES string of the molecule is CC(O)CO.CS(=O)(=O)O. The van der Waals surface area contributed by atoms with Crippen molar-refractivity contribution >= 4 is 10.1 Å². The van der Waals surface area contributed by atoms with Crippen LogP contribution in [0.3, 0.4) is 0 Å². The third-order valence-corrected chi connectivity index (χ3v) is 0.264. The molecule has 0 aromatic rings. The summed E-state index contributed by atoms with van der Waals surface area (Å²) in [6.07, 6.45) is 0.155.